The fourth-order valence-corrected chi connectivity index (χ4v) is 3.14. The Bertz CT molecular complexity index is 429. The number of ether oxygens (including phenoxy) is 1. The van der Waals surface area contributed by atoms with Gasteiger partial charge in [0.25, 0.3) is 0 Å². The van der Waals surface area contributed by atoms with Gasteiger partial charge in [-0.15, -0.1) is 0 Å². The van der Waals surface area contributed by atoms with Gasteiger partial charge in [0.1, 0.15) is 5.82 Å². The molecule has 0 aliphatic carbocycles. The first-order chi connectivity index (χ1) is 10.2. The van der Waals surface area contributed by atoms with E-state index in [1.807, 2.05) is 13.0 Å². The molecule has 0 radical (unpaired) electrons. The first-order valence-electron chi connectivity index (χ1n) is 8.31. The van der Waals surface area contributed by atoms with Gasteiger partial charge in [0, 0.05) is 12.6 Å². The number of hydrogen-bond acceptors (Lipinski definition) is 2. The molecule has 1 N–H and O–H groups in total. The van der Waals surface area contributed by atoms with Crippen LogP contribution < -0.4 is 5.32 Å². The van der Waals surface area contributed by atoms with E-state index < -0.39 is 0 Å². The molecule has 2 atom stereocenters. The lowest BCUT2D eigenvalue weighted by molar-refractivity contribution is 0.101. The Hall–Kier alpha value is -0.930. The van der Waals surface area contributed by atoms with Crippen LogP contribution in [0.5, 0.6) is 0 Å². The molecular weight excluding hydrogens is 265 g/mol. The van der Waals surface area contributed by atoms with Crippen LogP contribution in [0.25, 0.3) is 0 Å². The Morgan fingerprint density at radius 3 is 2.95 bits per heavy atom. The molecule has 0 saturated carbocycles. The Balaban J connectivity index is 1.92. The van der Waals surface area contributed by atoms with E-state index in [0.29, 0.717) is 12.1 Å². The highest BCUT2D eigenvalue weighted by molar-refractivity contribution is 5.29. The molecule has 1 aliphatic rings. The van der Waals surface area contributed by atoms with Crippen LogP contribution in [0, 0.1) is 12.7 Å². The molecule has 0 bridgehead atoms. The predicted octanol–water partition coefficient (Wildman–Crippen LogP) is 4.52. The minimum Gasteiger partial charge on any atom is -0.378 e. The van der Waals surface area contributed by atoms with Crippen LogP contribution in [0.15, 0.2) is 18.2 Å². The first kappa shape index (κ1) is 16.4. The summed E-state index contributed by atoms with van der Waals surface area (Å²) in [5.41, 5.74) is 2.28. The van der Waals surface area contributed by atoms with Crippen molar-refractivity contribution in [2.75, 3.05) is 13.2 Å². The Morgan fingerprint density at radius 2 is 2.29 bits per heavy atom. The van der Waals surface area contributed by atoms with Crippen LogP contribution in [-0.4, -0.2) is 19.3 Å². The van der Waals surface area contributed by atoms with Crippen molar-refractivity contribution in [2.45, 2.75) is 64.5 Å². The van der Waals surface area contributed by atoms with Crippen molar-refractivity contribution in [1.29, 1.82) is 0 Å². The van der Waals surface area contributed by atoms with Crippen molar-refractivity contribution < 1.29 is 9.13 Å². The van der Waals surface area contributed by atoms with Crippen LogP contribution in [-0.2, 0) is 4.74 Å². The summed E-state index contributed by atoms with van der Waals surface area (Å²) in [4.78, 5) is 0. The molecule has 0 spiro atoms. The van der Waals surface area contributed by atoms with Crippen molar-refractivity contribution in [3.8, 4) is 0 Å². The van der Waals surface area contributed by atoms with E-state index in [1.54, 1.807) is 12.1 Å². The van der Waals surface area contributed by atoms with E-state index in [2.05, 4.69) is 12.2 Å². The summed E-state index contributed by atoms with van der Waals surface area (Å²) in [6.07, 6.45) is 7.38. The fraction of sp³-hybridized carbons (Fsp3) is 0.667. The molecule has 2 unspecified atom stereocenters. The first-order valence-corrected chi connectivity index (χ1v) is 8.31. The molecule has 1 aromatic rings. The summed E-state index contributed by atoms with van der Waals surface area (Å²) in [6, 6.07) is 5.47. The molecule has 3 heteroatoms. The maximum absolute atomic E-state index is 13.3. The summed E-state index contributed by atoms with van der Waals surface area (Å²) in [7, 11) is 0. The maximum Gasteiger partial charge on any atom is 0.123 e. The molecule has 2 rings (SSSR count). The van der Waals surface area contributed by atoms with Crippen molar-refractivity contribution in [1.82, 2.24) is 5.32 Å². The van der Waals surface area contributed by atoms with Gasteiger partial charge in [0.05, 0.1) is 6.10 Å². The van der Waals surface area contributed by atoms with Crippen LogP contribution in [0.4, 0.5) is 4.39 Å². The van der Waals surface area contributed by atoms with Crippen LogP contribution >= 0.6 is 0 Å². The average Bonchev–Trinajstić information content (AvgIpc) is 2.96. The van der Waals surface area contributed by atoms with E-state index in [4.69, 9.17) is 4.74 Å². The zero-order valence-electron chi connectivity index (χ0n) is 13.3. The number of aryl methyl sites for hydroxylation is 1. The number of benzene rings is 1. The molecule has 1 aromatic carbocycles. The highest BCUT2D eigenvalue weighted by Gasteiger charge is 2.17. The molecule has 1 fully saturated rings. The van der Waals surface area contributed by atoms with E-state index in [0.717, 1.165) is 44.4 Å². The molecular formula is C18H28FNO. The van der Waals surface area contributed by atoms with E-state index in [9.17, 15) is 4.39 Å². The summed E-state index contributed by atoms with van der Waals surface area (Å²) >= 11 is 0. The van der Waals surface area contributed by atoms with Gasteiger partial charge < -0.3 is 10.1 Å². The average molecular weight is 293 g/mol. The van der Waals surface area contributed by atoms with Crippen molar-refractivity contribution >= 4 is 0 Å². The molecule has 1 saturated heterocycles. The van der Waals surface area contributed by atoms with E-state index in [-0.39, 0.29) is 5.82 Å². The van der Waals surface area contributed by atoms with E-state index >= 15 is 0 Å². The highest BCUT2D eigenvalue weighted by Crippen LogP contribution is 2.25. The molecule has 118 valence electrons. The lowest BCUT2D eigenvalue weighted by Crippen LogP contribution is -2.23. The van der Waals surface area contributed by atoms with Crippen molar-refractivity contribution in [3.63, 3.8) is 0 Å². The van der Waals surface area contributed by atoms with Gasteiger partial charge in [-0.3, -0.25) is 0 Å². The van der Waals surface area contributed by atoms with Crippen LogP contribution in [0.2, 0.25) is 0 Å². The number of rotatable bonds is 8. The molecule has 0 aromatic heterocycles. The second kappa shape index (κ2) is 8.50. The van der Waals surface area contributed by atoms with Crippen molar-refractivity contribution in [3.05, 3.63) is 35.1 Å². The fourth-order valence-electron chi connectivity index (χ4n) is 3.14. The third-order valence-electron chi connectivity index (χ3n) is 4.29. The standard InChI is InChI=1S/C18H28FNO/c1-3-11-20-18(8-4-6-16-7-5-12-21-16)17-10-9-15(19)13-14(17)2/h9-10,13,16,18,20H,3-8,11-12H2,1-2H3. The Kier molecular flexibility index (Phi) is 6.65. The Labute approximate surface area is 128 Å². The van der Waals surface area contributed by atoms with E-state index in [1.165, 1.54) is 18.4 Å². The minimum atomic E-state index is -0.148. The largest absolute Gasteiger partial charge is 0.378 e. The molecule has 21 heavy (non-hydrogen) atoms. The summed E-state index contributed by atoms with van der Waals surface area (Å²) in [5, 5.41) is 3.61. The SMILES string of the molecule is CCCNC(CCCC1CCCO1)c1ccc(F)cc1C. The van der Waals surface area contributed by atoms with Gasteiger partial charge in [-0.2, -0.15) is 0 Å². The number of hydrogen-bond donors (Lipinski definition) is 1. The molecule has 0 amide bonds. The van der Waals surface area contributed by atoms with Crippen LogP contribution in [0.1, 0.15) is 62.6 Å². The topological polar surface area (TPSA) is 21.3 Å². The molecule has 2 nitrogen and oxygen atoms in total. The van der Waals surface area contributed by atoms with Gasteiger partial charge in [0.15, 0.2) is 0 Å². The van der Waals surface area contributed by atoms with Gasteiger partial charge in [-0.1, -0.05) is 13.0 Å². The molecule has 1 heterocycles. The predicted molar refractivity (Wildman–Crippen MR) is 85.0 cm³/mol. The minimum absolute atomic E-state index is 0.148. The second-order valence-electron chi connectivity index (χ2n) is 6.07. The second-order valence-corrected chi connectivity index (χ2v) is 6.07. The normalized spacial score (nSPS) is 19.9. The summed E-state index contributed by atoms with van der Waals surface area (Å²) in [6.45, 7) is 6.10. The lowest BCUT2D eigenvalue weighted by Gasteiger charge is -2.21. The van der Waals surface area contributed by atoms with Crippen molar-refractivity contribution in [2.24, 2.45) is 0 Å². The monoisotopic (exact) mass is 293 g/mol. The number of halogens is 1. The van der Waals surface area contributed by atoms with Crippen LogP contribution in [0.3, 0.4) is 0 Å². The smallest absolute Gasteiger partial charge is 0.123 e. The van der Waals surface area contributed by atoms with Gasteiger partial charge >= 0.3 is 0 Å². The lowest BCUT2D eigenvalue weighted by atomic mass is 9.95. The summed E-state index contributed by atoms with van der Waals surface area (Å²) in [5.74, 6) is -0.148. The van der Waals surface area contributed by atoms with Gasteiger partial charge in [-0.25, -0.2) is 4.39 Å². The third-order valence-corrected chi connectivity index (χ3v) is 4.29. The maximum atomic E-state index is 13.3. The third kappa shape index (κ3) is 5.08. The summed E-state index contributed by atoms with van der Waals surface area (Å²) < 4.78 is 19.0. The highest BCUT2D eigenvalue weighted by atomic mass is 19.1. The zero-order valence-corrected chi connectivity index (χ0v) is 13.3. The van der Waals surface area contributed by atoms with Gasteiger partial charge in [-0.05, 0) is 75.3 Å². The Morgan fingerprint density at radius 1 is 1.43 bits per heavy atom. The zero-order chi connectivity index (χ0) is 15.1. The molecule has 1 aliphatic heterocycles. The quantitative estimate of drug-likeness (QED) is 0.760. The van der Waals surface area contributed by atoms with Gasteiger partial charge in [0.2, 0.25) is 0 Å². The number of nitrogens with one attached hydrogen (secondary N) is 1.